The fourth-order valence-electron chi connectivity index (χ4n) is 0.972. The van der Waals surface area contributed by atoms with E-state index in [-0.39, 0.29) is 18.3 Å². The van der Waals surface area contributed by atoms with Crippen LogP contribution in [0.4, 0.5) is 0 Å². The normalized spacial score (nSPS) is 9.57. The molecule has 0 atom stereocenters. The van der Waals surface area contributed by atoms with E-state index in [2.05, 4.69) is 12.6 Å². The summed E-state index contributed by atoms with van der Waals surface area (Å²) in [5, 5.41) is 0. The molecule has 0 aliphatic carbocycles. The molecule has 0 saturated heterocycles. The molecule has 0 aliphatic heterocycles. The van der Waals surface area contributed by atoms with Crippen LogP contribution in [-0.2, 0) is 16.1 Å². The van der Waals surface area contributed by atoms with Gasteiger partial charge in [0.15, 0.2) is 0 Å². The first-order valence-corrected chi connectivity index (χ1v) is 4.79. The third-order valence-electron chi connectivity index (χ3n) is 1.66. The lowest BCUT2D eigenvalue weighted by atomic mass is 10.2. The van der Waals surface area contributed by atoms with Gasteiger partial charge in [-0.25, -0.2) is 0 Å². The summed E-state index contributed by atoms with van der Waals surface area (Å²) in [7, 11) is 1.60. The van der Waals surface area contributed by atoms with Crippen LogP contribution in [0.25, 0.3) is 0 Å². The maximum atomic E-state index is 10.8. The Labute approximate surface area is 88.4 Å². The predicted octanol–water partition coefficient (Wildman–Crippen LogP) is 1.67. The van der Waals surface area contributed by atoms with Crippen molar-refractivity contribution in [3.8, 4) is 5.75 Å². The summed E-state index contributed by atoms with van der Waals surface area (Å²) in [6, 6.07) is 7.38. The van der Waals surface area contributed by atoms with Crippen molar-refractivity contribution >= 4 is 18.6 Å². The second-order valence-corrected chi connectivity index (χ2v) is 2.99. The van der Waals surface area contributed by atoms with Gasteiger partial charge in [-0.15, -0.1) is 0 Å². The minimum absolute atomic E-state index is 0.101. The molecule has 0 heterocycles. The van der Waals surface area contributed by atoms with Crippen molar-refractivity contribution < 1.29 is 14.3 Å². The molecule has 0 saturated carbocycles. The summed E-state index contributed by atoms with van der Waals surface area (Å²) in [4.78, 5) is 10.8. The van der Waals surface area contributed by atoms with Crippen LogP contribution >= 0.6 is 12.6 Å². The van der Waals surface area contributed by atoms with E-state index in [9.17, 15) is 4.79 Å². The van der Waals surface area contributed by atoms with E-state index in [1.807, 2.05) is 24.3 Å². The highest BCUT2D eigenvalue weighted by Crippen LogP contribution is 2.13. The Bertz CT molecular complexity index is 312. The molecule has 1 aromatic rings. The van der Waals surface area contributed by atoms with Gasteiger partial charge in [-0.1, -0.05) is 12.1 Å². The quantitative estimate of drug-likeness (QED) is 0.609. The first-order valence-electron chi connectivity index (χ1n) is 4.15. The Kier molecular flexibility index (Phi) is 4.32. The van der Waals surface area contributed by atoms with Gasteiger partial charge in [-0.2, -0.15) is 12.6 Å². The molecule has 3 nitrogen and oxygen atoms in total. The molecule has 14 heavy (non-hydrogen) atoms. The number of carbonyl (C=O) groups is 1. The van der Waals surface area contributed by atoms with E-state index in [4.69, 9.17) is 9.47 Å². The van der Waals surface area contributed by atoms with E-state index in [1.165, 1.54) is 0 Å². The number of methoxy groups -OCH3 is 1. The van der Waals surface area contributed by atoms with Crippen LogP contribution < -0.4 is 4.74 Å². The number of rotatable bonds is 4. The molecule has 0 spiro atoms. The first kappa shape index (κ1) is 10.9. The highest BCUT2D eigenvalue weighted by molar-refractivity contribution is 7.81. The second-order valence-electron chi connectivity index (χ2n) is 2.67. The van der Waals surface area contributed by atoms with E-state index in [0.29, 0.717) is 0 Å². The van der Waals surface area contributed by atoms with Gasteiger partial charge in [0.05, 0.1) is 12.9 Å². The van der Waals surface area contributed by atoms with Crippen molar-refractivity contribution in [2.24, 2.45) is 0 Å². The summed E-state index contributed by atoms with van der Waals surface area (Å²) in [6.07, 6.45) is 0. The SMILES string of the molecule is COc1cccc(COC(=O)CS)c1. The molecule has 0 bridgehead atoms. The number of benzene rings is 1. The third-order valence-corrected chi connectivity index (χ3v) is 1.92. The van der Waals surface area contributed by atoms with Crippen molar-refractivity contribution in [2.45, 2.75) is 6.61 Å². The van der Waals surface area contributed by atoms with Crippen LogP contribution in [0.2, 0.25) is 0 Å². The molecule has 0 aliphatic rings. The zero-order valence-corrected chi connectivity index (χ0v) is 8.79. The Morgan fingerprint density at radius 3 is 2.93 bits per heavy atom. The average Bonchev–Trinajstić information content (AvgIpc) is 2.26. The highest BCUT2D eigenvalue weighted by Gasteiger charge is 2.00. The lowest BCUT2D eigenvalue weighted by Gasteiger charge is -2.04. The minimum Gasteiger partial charge on any atom is -0.497 e. The first-order chi connectivity index (χ1) is 6.76. The minimum atomic E-state index is -0.323. The molecule has 0 unspecified atom stereocenters. The molecule has 1 aromatic carbocycles. The number of hydrogen-bond acceptors (Lipinski definition) is 4. The Morgan fingerprint density at radius 1 is 1.50 bits per heavy atom. The molecule has 0 fully saturated rings. The number of carbonyl (C=O) groups excluding carboxylic acids is 1. The van der Waals surface area contributed by atoms with Crippen LogP contribution in [0.5, 0.6) is 5.75 Å². The largest absolute Gasteiger partial charge is 0.497 e. The summed E-state index contributed by atoms with van der Waals surface area (Å²) in [5.74, 6) is 0.532. The fraction of sp³-hybridized carbons (Fsp3) is 0.300. The zero-order chi connectivity index (χ0) is 10.4. The van der Waals surface area contributed by atoms with E-state index in [0.717, 1.165) is 11.3 Å². The molecular weight excluding hydrogens is 200 g/mol. The maximum absolute atomic E-state index is 10.8. The topological polar surface area (TPSA) is 35.5 Å². The average molecular weight is 212 g/mol. The maximum Gasteiger partial charge on any atom is 0.315 e. The van der Waals surface area contributed by atoms with Crippen molar-refractivity contribution in [2.75, 3.05) is 12.9 Å². The lowest BCUT2D eigenvalue weighted by Crippen LogP contribution is -2.05. The molecule has 4 heteroatoms. The summed E-state index contributed by atoms with van der Waals surface area (Å²) < 4.78 is 9.94. The fourth-order valence-corrected chi connectivity index (χ4v) is 1.06. The number of thiol groups is 1. The van der Waals surface area contributed by atoms with Crippen LogP contribution in [0, 0.1) is 0 Å². The van der Waals surface area contributed by atoms with Crippen LogP contribution in [0.1, 0.15) is 5.56 Å². The van der Waals surface area contributed by atoms with Gasteiger partial charge in [0.25, 0.3) is 0 Å². The van der Waals surface area contributed by atoms with Gasteiger partial charge in [-0.05, 0) is 17.7 Å². The van der Waals surface area contributed by atoms with E-state index >= 15 is 0 Å². The van der Waals surface area contributed by atoms with Crippen molar-refractivity contribution in [3.05, 3.63) is 29.8 Å². The Balaban J connectivity index is 2.54. The molecule has 0 radical (unpaired) electrons. The Hall–Kier alpha value is -1.16. The van der Waals surface area contributed by atoms with Gasteiger partial charge in [-0.3, -0.25) is 4.79 Å². The van der Waals surface area contributed by atoms with E-state index < -0.39 is 0 Å². The van der Waals surface area contributed by atoms with Gasteiger partial charge in [0.2, 0.25) is 0 Å². The van der Waals surface area contributed by atoms with Crippen molar-refractivity contribution in [1.82, 2.24) is 0 Å². The van der Waals surface area contributed by atoms with Crippen LogP contribution in [0.3, 0.4) is 0 Å². The molecule has 1 rings (SSSR count). The monoisotopic (exact) mass is 212 g/mol. The summed E-state index contributed by atoms with van der Waals surface area (Å²) >= 11 is 3.80. The highest BCUT2D eigenvalue weighted by atomic mass is 32.1. The number of esters is 1. The molecule has 0 amide bonds. The zero-order valence-electron chi connectivity index (χ0n) is 7.90. The molecule has 0 N–H and O–H groups in total. The molecular formula is C10H12O3S. The number of hydrogen-bond donors (Lipinski definition) is 1. The van der Waals surface area contributed by atoms with Crippen molar-refractivity contribution in [3.63, 3.8) is 0 Å². The standard InChI is InChI=1S/C10H12O3S/c1-12-9-4-2-3-8(5-9)6-13-10(11)7-14/h2-5,14H,6-7H2,1H3. The number of ether oxygens (including phenoxy) is 2. The van der Waals surface area contributed by atoms with Crippen LogP contribution in [0.15, 0.2) is 24.3 Å². The summed E-state index contributed by atoms with van der Waals surface area (Å²) in [6.45, 7) is 0.261. The Morgan fingerprint density at radius 2 is 2.29 bits per heavy atom. The molecule has 76 valence electrons. The molecule has 0 aromatic heterocycles. The second kappa shape index (κ2) is 5.54. The van der Waals surface area contributed by atoms with Gasteiger partial charge in [0, 0.05) is 0 Å². The lowest BCUT2D eigenvalue weighted by molar-refractivity contribution is -0.141. The van der Waals surface area contributed by atoms with Crippen molar-refractivity contribution in [1.29, 1.82) is 0 Å². The van der Waals surface area contributed by atoms with E-state index in [1.54, 1.807) is 7.11 Å². The van der Waals surface area contributed by atoms with Gasteiger partial charge < -0.3 is 9.47 Å². The van der Waals surface area contributed by atoms with Gasteiger partial charge in [0.1, 0.15) is 12.4 Å². The summed E-state index contributed by atoms with van der Waals surface area (Å²) in [5.41, 5.74) is 0.902. The third kappa shape index (κ3) is 3.30. The smallest absolute Gasteiger partial charge is 0.315 e. The predicted molar refractivity (Wildman–Crippen MR) is 56.6 cm³/mol. The van der Waals surface area contributed by atoms with Crippen LogP contribution in [-0.4, -0.2) is 18.8 Å². The van der Waals surface area contributed by atoms with Gasteiger partial charge >= 0.3 is 5.97 Å².